The highest BCUT2D eigenvalue weighted by Crippen LogP contribution is 2.32. The summed E-state index contributed by atoms with van der Waals surface area (Å²) in [4.78, 5) is 16.7. The molecule has 0 spiro atoms. The Hall–Kier alpha value is -3.13. The Morgan fingerprint density at radius 2 is 1.65 bits per heavy atom. The van der Waals surface area contributed by atoms with Crippen molar-refractivity contribution in [2.24, 2.45) is 0 Å². The number of rotatable bonds is 5. The summed E-state index contributed by atoms with van der Waals surface area (Å²) in [7, 11) is 3.25. The predicted octanol–water partition coefficient (Wildman–Crippen LogP) is 3.89. The third-order valence-corrected chi connectivity index (χ3v) is 5.84. The van der Waals surface area contributed by atoms with Gasteiger partial charge in [0.1, 0.15) is 11.5 Å². The summed E-state index contributed by atoms with van der Waals surface area (Å²) in [6.45, 7) is 2.70. The number of halogens is 1. The van der Waals surface area contributed by atoms with E-state index in [0.717, 1.165) is 21.6 Å². The van der Waals surface area contributed by atoms with E-state index in [1.54, 1.807) is 14.2 Å². The maximum atomic E-state index is 12.7. The van der Waals surface area contributed by atoms with Crippen LogP contribution >= 0.6 is 15.9 Å². The first-order valence-electron chi connectivity index (χ1n) is 9.95. The van der Waals surface area contributed by atoms with Gasteiger partial charge >= 0.3 is 0 Å². The topological polar surface area (TPSA) is 67.8 Å². The molecule has 0 aliphatic carbocycles. The zero-order valence-electron chi connectivity index (χ0n) is 17.4. The number of methoxy groups -OCH3 is 2. The molecule has 0 atom stereocenters. The summed E-state index contributed by atoms with van der Waals surface area (Å²) in [6, 6.07) is 16.9. The van der Waals surface area contributed by atoms with Crippen molar-refractivity contribution in [2.75, 3.05) is 45.3 Å². The summed E-state index contributed by atoms with van der Waals surface area (Å²) in [5, 5.41) is 8.82. The first-order valence-corrected chi connectivity index (χ1v) is 10.7. The van der Waals surface area contributed by atoms with Crippen LogP contribution in [0.2, 0.25) is 0 Å². The van der Waals surface area contributed by atoms with Crippen molar-refractivity contribution in [3.8, 4) is 22.8 Å². The fourth-order valence-electron chi connectivity index (χ4n) is 3.57. The van der Waals surface area contributed by atoms with Crippen LogP contribution in [0.25, 0.3) is 11.3 Å². The molecule has 1 saturated heterocycles. The van der Waals surface area contributed by atoms with Crippen LogP contribution in [0.1, 0.15) is 10.4 Å². The third-order valence-electron chi connectivity index (χ3n) is 5.32. The molecule has 3 aromatic rings. The van der Waals surface area contributed by atoms with E-state index in [-0.39, 0.29) is 5.91 Å². The monoisotopic (exact) mass is 482 g/mol. The van der Waals surface area contributed by atoms with Crippen LogP contribution in [-0.4, -0.2) is 61.4 Å². The smallest absolute Gasteiger partial charge is 0.253 e. The predicted molar refractivity (Wildman–Crippen MR) is 123 cm³/mol. The highest BCUT2D eigenvalue weighted by Gasteiger charge is 2.23. The van der Waals surface area contributed by atoms with Crippen LogP contribution in [0.15, 0.2) is 59.1 Å². The zero-order chi connectivity index (χ0) is 21.8. The minimum absolute atomic E-state index is 0.0544. The molecule has 2 aromatic carbocycles. The Labute approximate surface area is 189 Å². The largest absolute Gasteiger partial charge is 0.497 e. The molecule has 0 saturated carbocycles. The van der Waals surface area contributed by atoms with E-state index < -0.39 is 0 Å². The number of nitrogens with zero attached hydrogens (tertiary/aromatic N) is 4. The second-order valence-electron chi connectivity index (χ2n) is 7.13. The van der Waals surface area contributed by atoms with Gasteiger partial charge in [-0.05, 0) is 54.6 Å². The standard InChI is InChI=1S/C23H23BrN4O3/c1-30-18-7-9-21(31-2)19(15-18)20-8-10-22(26-25-20)27-11-13-28(14-12-27)23(29)16-3-5-17(24)6-4-16/h3-10,15H,11-14H2,1-2H3. The van der Waals surface area contributed by atoms with Crippen LogP contribution in [0, 0.1) is 0 Å². The lowest BCUT2D eigenvalue weighted by Crippen LogP contribution is -2.49. The van der Waals surface area contributed by atoms with Crippen LogP contribution in [0.4, 0.5) is 5.82 Å². The van der Waals surface area contributed by atoms with Gasteiger partial charge in [-0.1, -0.05) is 15.9 Å². The van der Waals surface area contributed by atoms with Crippen LogP contribution < -0.4 is 14.4 Å². The lowest BCUT2D eigenvalue weighted by atomic mass is 10.1. The number of carbonyl (C=O) groups is 1. The van der Waals surface area contributed by atoms with Gasteiger partial charge in [-0.3, -0.25) is 4.79 Å². The number of carbonyl (C=O) groups excluding carboxylic acids is 1. The van der Waals surface area contributed by atoms with Crippen molar-refractivity contribution in [3.63, 3.8) is 0 Å². The average Bonchev–Trinajstić information content (AvgIpc) is 2.84. The minimum atomic E-state index is 0.0544. The molecule has 1 aliphatic rings. The Morgan fingerprint density at radius 3 is 2.26 bits per heavy atom. The molecule has 31 heavy (non-hydrogen) atoms. The van der Waals surface area contributed by atoms with Crippen LogP contribution in [-0.2, 0) is 0 Å². The Kier molecular flexibility index (Phi) is 6.36. The number of benzene rings is 2. The quantitative estimate of drug-likeness (QED) is 0.549. The van der Waals surface area contributed by atoms with Gasteiger partial charge in [0.15, 0.2) is 5.82 Å². The Morgan fingerprint density at radius 1 is 0.903 bits per heavy atom. The summed E-state index contributed by atoms with van der Waals surface area (Å²) >= 11 is 3.40. The first kappa shape index (κ1) is 21.1. The molecule has 8 heteroatoms. The molecule has 0 radical (unpaired) electrons. The molecule has 160 valence electrons. The van der Waals surface area contributed by atoms with E-state index in [2.05, 4.69) is 31.0 Å². The van der Waals surface area contributed by atoms with Gasteiger partial charge in [-0.25, -0.2) is 0 Å². The second kappa shape index (κ2) is 9.34. The maximum absolute atomic E-state index is 12.7. The van der Waals surface area contributed by atoms with E-state index in [1.165, 1.54) is 0 Å². The number of aromatic nitrogens is 2. The van der Waals surface area contributed by atoms with Gasteiger partial charge < -0.3 is 19.3 Å². The summed E-state index contributed by atoms with van der Waals surface area (Å²) in [5.74, 6) is 2.29. The van der Waals surface area contributed by atoms with Crippen molar-refractivity contribution in [1.29, 1.82) is 0 Å². The highest BCUT2D eigenvalue weighted by molar-refractivity contribution is 9.10. The zero-order valence-corrected chi connectivity index (χ0v) is 19.0. The maximum Gasteiger partial charge on any atom is 0.253 e. The van der Waals surface area contributed by atoms with E-state index in [1.807, 2.05) is 59.5 Å². The van der Waals surface area contributed by atoms with Gasteiger partial charge in [0.2, 0.25) is 0 Å². The fraction of sp³-hybridized carbons (Fsp3) is 0.261. The summed E-state index contributed by atoms with van der Waals surface area (Å²) in [5.41, 5.74) is 2.24. The molecular weight excluding hydrogens is 460 g/mol. The average molecular weight is 483 g/mol. The molecule has 7 nitrogen and oxygen atoms in total. The number of hydrogen-bond donors (Lipinski definition) is 0. The second-order valence-corrected chi connectivity index (χ2v) is 8.04. The molecule has 0 N–H and O–H groups in total. The number of ether oxygens (including phenoxy) is 2. The summed E-state index contributed by atoms with van der Waals surface area (Å²) < 4.78 is 11.7. The van der Waals surface area contributed by atoms with Crippen LogP contribution in [0.5, 0.6) is 11.5 Å². The van der Waals surface area contributed by atoms with Gasteiger partial charge in [0, 0.05) is 41.8 Å². The van der Waals surface area contributed by atoms with Gasteiger partial charge in [-0.15, -0.1) is 10.2 Å². The molecule has 1 amide bonds. The molecule has 1 aromatic heterocycles. The van der Waals surface area contributed by atoms with Crippen molar-refractivity contribution < 1.29 is 14.3 Å². The molecule has 0 bridgehead atoms. The molecule has 0 unspecified atom stereocenters. The molecule has 1 aliphatic heterocycles. The van der Waals surface area contributed by atoms with E-state index in [4.69, 9.17) is 9.47 Å². The fourth-order valence-corrected chi connectivity index (χ4v) is 3.83. The van der Waals surface area contributed by atoms with Gasteiger partial charge in [0.25, 0.3) is 5.91 Å². The van der Waals surface area contributed by atoms with E-state index in [0.29, 0.717) is 43.2 Å². The lowest BCUT2D eigenvalue weighted by molar-refractivity contribution is 0.0746. The minimum Gasteiger partial charge on any atom is -0.497 e. The SMILES string of the molecule is COc1ccc(OC)c(-c2ccc(N3CCN(C(=O)c4ccc(Br)cc4)CC3)nn2)c1. The van der Waals surface area contributed by atoms with Crippen molar-refractivity contribution in [3.05, 3.63) is 64.6 Å². The number of piperazine rings is 1. The molecule has 4 rings (SSSR count). The van der Waals surface area contributed by atoms with Crippen molar-refractivity contribution >= 4 is 27.7 Å². The normalized spacial score (nSPS) is 13.8. The lowest BCUT2D eigenvalue weighted by Gasteiger charge is -2.35. The molecular formula is C23H23BrN4O3. The van der Waals surface area contributed by atoms with E-state index in [9.17, 15) is 4.79 Å². The van der Waals surface area contributed by atoms with Crippen molar-refractivity contribution in [1.82, 2.24) is 15.1 Å². The first-order chi connectivity index (χ1) is 15.1. The number of hydrogen-bond acceptors (Lipinski definition) is 6. The van der Waals surface area contributed by atoms with Gasteiger partial charge in [0.05, 0.1) is 19.9 Å². The third kappa shape index (κ3) is 4.64. The summed E-state index contributed by atoms with van der Waals surface area (Å²) in [6.07, 6.45) is 0. The van der Waals surface area contributed by atoms with Gasteiger partial charge in [-0.2, -0.15) is 0 Å². The number of anilines is 1. The Bertz CT molecular complexity index is 1050. The number of amides is 1. The van der Waals surface area contributed by atoms with Crippen LogP contribution in [0.3, 0.4) is 0 Å². The highest BCUT2D eigenvalue weighted by atomic mass is 79.9. The molecule has 2 heterocycles. The molecule has 1 fully saturated rings. The van der Waals surface area contributed by atoms with E-state index >= 15 is 0 Å². The Balaban J connectivity index is 1.43. The van der Waals surface area contributed by atoms with Crippen molar-refractivity contribution in [2.45, 2.75) is 0 Å².